The van der Waals surface area contributed by atoms with Crippen molar-refractivity contribution >= 4 is 17.3 Å². The van der Waals surface area contributed by atoms with Crippen molar-refractivity contribution in [3.8, 4) is 0 Å². The SMILES string of the molecule is CNCC1CCN(c2cnn(CC(F)(F)F)c(=O)c2Cl)C1. The quantitative estimate of drug-likeness (QED) is 0.912. The average Bonchev–Trinajstić information content (AvgIpc) is 2.83. The minimum atomic E-state index is -4.51. The van der Waals surface area contributed by atoms with E-state index in [9.17, 15) is 18.0 Å². The zero-order valence-electron chi connectivity index (χ0n) is 11.5. The van der Waals surface area contributed by atoms with Crippen LogP contribution in [0.25, 0.3) is 0 Å². The predicted octanol–water partition coefficient (Wildman–Crippen LogP) is 1.50. The summed E-state index contributed by atoms with van der Waals surface area (Å²) in [6.45, 7) is 0.808. The van der Waals surface area contributed by atoms with Crippen molar-refractivity contribution in [2.24, 2.45) is 5.92 Å². The first-order chi connectivity index (χ1) is 9.81. The molecular formula is C12H16ClF3N4O. The minimum Gasteiger partial charge on any atom is -0.369 e. The van der Waals surface area contributed by atoms with Crippen LogP contribution in [0.5, 0.6) is 0 Å². The Kier molecular flexibility index (Phi) is 4.77. The lowest BCUT2D eigenvalue weighted by Crippen LogP contribution is -2.32. The maximum Gasteiger partial charge on any atom is 0.408 e. The van der Waals surface area contributed by atoms with E-state index in [1.165, 1.54) is 6.20 Å². The molecule has 1 aliphatic heterocycles. The molecule has 0 spiro atoms. The van der Waals surface area contributed by atoms with Gasteiger partial charge in [0.2, 0.25) is 0 Å². The lowest BCUT2D eigenvalue weighted by Gasteiger charge is -2.20. The summed E-state index contributed by atoms with van der Waals surface area (Å²) in [6.07, 6.45) is -2.34. The molecule has 1 N–H and O–H groups in total. The highest BCUT2D eigenvalue weighted by atomic mass is 35.5. The Balaban J connectivity index is 2.20. The number of nitrogens with zero attached hydrogens (tertiary/aromatic N) is 3. The average molecular weight is 325 g/mol. The van der Waals surface area contributed by atoms with E-state index in [1.54, 1.807) is 0 Å². The second-order valence-electron chi connectivity index (χ2n) is 5.08. The molecule has 0 saturated carbocycles. The van der Waals surface area contributed by atoms with Gasteiger partial charge in [0.05, 0.1) is 11.9 Å². The highest BCUT2D eigenvalue weighted by molar-refractivity contribution is 6.33. The van der Waals surface area contributed by atoms with Gasteiger partial charge in [0, 0.05) is 13.1 Å². The Labute approximate surface area is 124 Å². The van der Waals surface area contributed by atoms with Gasteiger partial charge in [0.25, 0.3) is 5.56 Å². The number of aromatic nitrogens is 2. The third-order valence-electron chi connectivity index (χ3n) is 3.41. The molecule has 21 heavy (non-hydrogen) atoms. The Bertz CT molecular complexity index is 560. The summed E-state index contributed by atoms with van der Waals surface area (Å²) in [6, 6.07) is 0. The number of hydrogen-bond acceptors (Lipinski definition) is 4. The topological polar surface area (TPSA) is 50.2 Å². The summed E-state index contributed by atoms with van der Waals surface area (Å²) in [5.74, 6) is 0.420. The van der Waals surface area contributed by atoms with Gasteiger partial charge in [-0.05, 0) is 25.9 Å². The molecule has 0 bridgehead atoms. The third-order valence-corrected chi connectivity index (χ3v) is 3.77. The molecule has 1 atom stereocenters. The van der Waals surface area contributed by atoms with E-state index in [-0.39, 0.29) is 5.02 Å². The molecule has 2 rings (SSSR count). The van der Waals surface area contributed by atoms with Crippen molar-refractivity contribution in [2.75, 3.05) is 31.6 Å². The van der Waals surface area contributed by atoms with Crippen LogP contribution in [-0.4, -0.2) is 42.6 Å². The van der Waals surface area contributed by atoms with Gasteiger partial charge < -0.3 is 10.2 Å². The summed E-state index contributed by atoms with van der Waals surface area (Å²) in [5.41, 5.74) is -0.512. The van der Waals surface area contributed by atoms with Crippen LogP contribution in [0.2, 0.25) is 5.02 Å². The molecule has 9 heteroatoms. The number of hydrogen-bond donors (Lipinski definition) is 1. The summed E-state index contributed by atoms with van der Waals surface area (Å²) in [7, 11) is 1.86. The molecule has 1 aliphatic rings. The first-order valence-corrected chi connectivity index (χ1v) is 6.91. The Morgan fingerprint density at radius 3 is 2.86 bits per heavy atom. The lowest BCUT2D eigenvalue weighted by atomic mass is 10.1. The van der Waals surface area contributed by atoms with Gasteiger partial charge in [-0.15, -0.1) is 0 Å². The van der Waals surface area contributed by atoms with E-state index < -0.39 is 18.3 Å². The van der Waals surface area contributed by atoms with Crippen molar-refractivity contribution < 1.29 is 13.2 Å². The van der Waals surface area contributed by atoms with Gasteiger partial charge in [-0.25, -0.2) is 4.68 Å². The molecule has 1 unspecified atom stereocenters. The number of nitrogens with one attached hydrogen (secondary N) is 1. The Morgan fingerprint density at radius 1 is 1.52 bits per heavy atom. The zero-order chi connectivity index (χ0) is 15.6. The van der Waals surface area contributed by atoms with Gasteiger partial charge >= 0.3 is 6.18 Å². The molecule has 1 saturated heterocycles. The predicted molar refractivity (Wildman–Crippen MR) is 73.8 cm³/mol. The van der Waals surface area contributed by atoms with E-state index in [0.717, 1.165) is 13.0 Å². The van der Waals surface area contributed by atoms with Gasteiger partial charge in [0.15, 0.2) is 0 Å². The van der Waals surface area contributed by atoms with Crippen LogP contribution in [0, 0.1) is 5.92 Å². The fourth-order valence-corrected chi connectivity index (χ4v) is 2.73. The van der Waals surface area contributed by atoms with Crippen molar-refractivity contribution in [1.82, 2.24) is 15.1 Å². The Hall–Kier alpha value is -1.28. The molecule has 0 radical (unpaired) electrons. The molecule has 1 aromatic rings. The maximum absolute atomic E-state index is 12.3. The summed E-state index contributed by atoms with van der Waals surface area (Å²) in [5, 5.41) is 6.45. The van der Waals surface area contributed by atoms with E-state index in [4.69, 9.17) is 11.6 Å². The fourth-order valence-electron chi connectivity index (χ4n) is 2.47. The first kappa shape index (κ1) is 16.1. The van der Waals surface area contributed by atoms with Crippen molar-refractivity contribution in [1.29, 1.82) is 0 Å². The second kappa shape index (κ2) is 6.23. The monoisotopic (exact) mass is 324 g/mol. The maximum atomic E-state index is 12.3. The van der Waals surface area contributed by atoms with E-state index >= 15 is 0 Å². The van der Waals surface area contributed by atoms with Gasteiger partial charge in [0.1, 0.15) is 11.6 Å². The molecule has 0 aliphatic carbocycles. The minimum absolute atomic E-state index is 0.209. The highest BCUT2D eigenvalue weighted by Gasteiger charge is 2.31. The third kappa shape index (κ3) is 3.88. The van der Waals surface area contributed by atoms with E-state index in [0.29, 0.717) is 29.4 Å². The smallest absolute Gasteiger partial charge is 0.369 e. The normalized spacial score (nSPS) is 19.3. The number of alkyl halides is 3. The van der Waals surface area contributed by atoms with Gasteiger partial charge in [-0.2, -0.15) is 18.3 Å². The van der Waals surface area contributed by atoms with Crippen LogP contribution in [0.3, 0.4) is 0 Å². The molecule has 5 nitrogen and oxygen atoms in total. The molecule has 1 aromatic heterocycles. The van der Waals surface area contributed by atoms with Crippen LogP contribution < -0.4 is 15.8 Å². The standard InChI is InChI=1S/C12H16ClF3N4O/c1-17-4-8-2-3-19(6-8)9-5-18-20(7-12(14,15)16)11(21)10(9)13/h5,8,17H,2-4,6-7H2,1H3. The van der Waals surface area contributed by atoms with Crippen molar-refractivity contribution in [2.45, 2.75) is 19.1 Å². The second-order valence-corrected chi connectivity index (χ2v) is 5.46. The van der Waals surface area contributed by atoms with E-state index in [1.807, 2.05) is 11.9 Å². The van der Waals surface area contributed by atoms with Gasteiger partial charge in [-0.3, -0.25) is 4.79 Å². The number of anilines is 1. The number of halogens is 4. The molecule has 118 valence electrons. The van der Waals surface area contributed by atoms with Crippen LogP contribution in [0.15, 0.2) is 11.0 Å². The molecular weight excluding hydrogens is 309 g/mol. The first-order valence-electron chi connectivity index (χ1n) is 6.53. The summed E-state index contributed by atoms with van der Waals surface area (Å²) < 4.78 is 37.3. The fraction of sp³-hybridized carbons (Fsp3) is 0.667. The molecule has 1 fully saturated rings. The summed E-state index contributed by atoms with van der Waals surface area (Å²) >= 11 is 5.93. The Morgan fingerprint density at radius 2 is 2.24 bits per heavy atom. The van der Waals surface area contributed by atoms with Gasteiger partial charge in [-0.1, -0.05) is 11.6 Å². The van der Waals surface area contributed by atoms with Crippen LogP contribution >= 0.6 is 11.6 Å². The van der Waals surface area contributed by atoms with Crippen LogP contribution in [0.4, 0.5) is 18.9 Å². The largest absolute Gasteiger partial charge is 0.408 e. The highest BCUT2D eigenvalue weighted by Crippen LogP contribution is 2.27. The summed E-state index contributed by atoms with van der Waals surface area (Å²) in [4.78, 5) is 13.7. The van der Waals surface area contributed by atoms with E-state index in [2.05, 4.69) is 10.4 Å². The molecule has 0 aromatic carbocycles. The molecule has 0 amide bonds. The number of rotatable bonds is 4. The zero-order valence-corrected chi connectivity index (χ0v) is 12.2. The van der Waals surface area contributed by atoms with Crippen LogP contribution in [0.1, 0.15) is 6.42 Å². The van der Waals surface area contributed by atoms with Crippen molar-refractivity contribution in [3.63, 3.8) is 0 Å². The van der Waals surface area contributed by atoms with Crippen molar-refractivity contribution in [3.05, 3.63) is 21.6 Å². The van der Waals surface area contributed by atoms with Crippen LogP contribution in [-0.2, 0) is 6.54 Å². The molecule has 2 heterocycles. The lowest BCUT2D eigenvalue weighted by molar-refractivity contribution is -0.143.